The van der Waals surface area contributed by atoms with Crippen LogP contribution in [0.2, 0.25) is 0 Å². The molecule has 8 nitrogen and oxygen atoms in total. The van der Waals surface area contributed by atoms with E-state index in [1.54, 1.807) is 0 Å². The number of hydrogen-bond acceptors (Lipinski definition) is 5. The van der Waals surface area contributed by atoms with Gasteiger partial charge in [0.15, 0.2) is 0 Å². The van der Waals surface area contributed by atoms with Crippen molar-refractivity contribution in [3.05, 3.63) is 12.2 Å². The smallest absolute Gasteiger partial charge is 0.309 e. The number of rotatable bonds is 7. The zero-order valence-electron chi connectivity index (χ0n) is 33.0. The number of likely N-dealkylation sites (N-methyl/N-ethyl adjacent to an activating group) is 1. The van der Waals surface area contributed by atoms with E-state index in [9.17, 15) is 24.6 Å². The van der Waals surface area contributed by atoms with Gasteiger partial charge in [-0.25, -0.2) is 0 Å². The summed E-state index contributed by atoms with van der Waals surface area (Å²) in [6.45, 7) is 21.1. The number of hydrogen-bond donors (Lipinski definition) is 3. The zero-order valence-corrected chi connectivity index (χ0v) is 33.0. The largest absolute Gasteiger partial charge is 0.481 e. The average Bonchev–Trinajstić information content (AvgIpc) is 3.39. The van der Waals surface area contributed by atoms with Gasteiger partial charge in [0.05, 0.1) is 45.0 Å². The van der Waals surface area contributed by atoms with Crippen LogP contribution in [0.5, 0.6) is 0 Å². The number of nitrogens with zero attached hydrogens (tertiary/aromatic N) is 1. The third-order valence-corrected chi connectivity index (χ3v) is 16.5. The lowest BCUT2D eigenvalue weighted by Crippen LogP contribution is -2.64. The van der Waals surface area contributed by atoms with E-state index in [-0.39, 0.29) is 46.8 Å². The molecule has 6 fully saturated rings. The van der Waals surface area contributed by atoms with Crippen molar-refractivity contribution in [2.24, 2.45) is 74.4 Å². The van der Waals surface area contributed by atoms with Gasteiger partial charge >= 0.3 is 17.9 Å². The van der Waals surface area contributed by atoms with Crippen LogP contribution < -0.4 is 0 Å². The Hall–Kier alpha value is -1.93. The SMILES string of the molecule is C=C(C)[C@@H]1CCC2(C(=O)O)CCC3C(CCC4[C@@]3(C)CCC3C(C)(C)[C@@H](OC(=O)[C@@H]5C[C@H](C(=O)O)C5(C)C)CC[C@@]34C)C12.C[N+](C)(C)CCO. The van der Waals surface area contributed by atoms with E-state index >= 15 is 0 Å². The molecule has 50 heavy (non-hydrogen) atoms. The van der Waals surface area contributed by atoms with Crippen molar-refractivity contribution in [3.63, 3.8) is 0 Å². The summed E-state index contributed by atoms with van der Waals surface area (Å²) in [4.78, 5) is 37.9. The maximum Gasteiger partial charge on any atom is 0.309 e. The molecule has 12 atom stereocenters. The molecule has 3 N–H and O–H groups in total. The molecule has 0 saturated heterocycles. The van der Waals surface area contributed by atoms with Gasteiger partial charge in [0.2, 0.25) is 0 Å². The highest BCUT2D eigenvalue weighted by atomic mass is 16.5. The van der Waals surface area contributed by atoms with Crippen molar-refractivity contribution >= 4 is 17.9 Å². The number of quaternary nitrogens is 1. The minimum Gasteiger partial charge on any atom is -0.481 e. The first kappa shape index (κ1) is 39.3. The molecule has 0 amide bonds. The number of fused-ring (bicyclic) bond motifs is 7. The monoisotopic (exact) mass is 701 g/mol. The van der Waals surface area contributed by atoms with Crippen LogP contribution in [-0.4, -0.2) is 78.1 Å². The molecule has 8 heteroatoms. The molecule has 284 valence electrons. The first-order valence-corrected chi connectivity index (χ1v) is 19.7. The maximum absolute atomic E-state index is 13.4. The lowest BCUT2D eigenvalue weighted by atomic mass is 9.36. The molecule has 0 aromatic carbocycles. The van der Waals surface area contributed by atoms with Crippen molar-refractivity contribution in [2.75, 3.05) is 34.3 Å². The first-order valence-electron chi connectivity index (χ1n) is 19.7. The van der Waals surface area contributed by atoms with Gasteiger partial charge in [-0.3, -0.25) is 14.4 Å². The Morgan fingerprint density at radius 2 is 1.40 bits per heavy atom. The van der Waals surface area contributed by atoms with Crippen LogP contribution in [0.3, 0.4) is 0 Å². The van der Waals surface area contributed by atoms with Crippen molar-refractivity contribution in [3.8, 4) is 0 Å². The molecule has 6 aliphatic carbocycles. The quantitative estimate of drug-likeness (QED) is 0.142. The summed E-state index contributed by atoms with van der Waals surface area (Å²) in [6, 6.07) is 0. The summed E-state index contributed by atoms with van der Waals surface area (Å²) < 4.78 is 7.18. The molecule has 0 spiro atoms. The Morgan fingerprint density at radius 3 is 1.92 bits per heavy atom. The average molecular weight is 701 g/mol. The lowest BCUT2D eigenvalue weighted by Gasteiger charge is -2.69. The van der Waals surface area contributed by atoms with Gasteiger partial charge in [-0.2, -0.15) is 0 Å². The van der Waals surface area contributed by atoms with Crippen LogP contribution in [0.25, 0.3) is 0 Å². The highest BCUT2D eigenvalue weighted by Gasteiger charge is 2.69. The highest BCUT2D eigenvalue weighted by Crippen LogP contribution is 2.74. The molecule has 0 bridgehead atoms. The number of aliphatic hydroxyl groups is 1. The second-order valence-corrected chi connectivity index (χ2v) is 20.5. The molecular formula is C42H70NO7+. The first-order chi connectivity index (χ1) is 23.0. The fraction of sp³-hybridized carbons (Fsp3) is 0.881. The minimum absolute atomic E-state index is 0.152. The summed E-state index contributed by atoms with van der Waals surface area (Å²) in [6.07, 6.45) is 10.3. The summed E-state index contributed by atoms with van der Waals surface area (Å²) in [5.74, 6) is 0.137. The Balaban J connectivity index is 0.000000630. The Morgan fingerprint density at radius 1 is 0.780 bits per heavy atom. The van der Waals surface area contributed by atoms with Crippen LogP contribution in [0.15, 0.2) is 12.2 Å². The van der Waals surface area contributed by atoms with Gasteiger partial charge < -0.3 is 24.5 Å². The van der Waals surface area contributed by atoms with Crippen LogP contribution in [0.4, 0.5) is 0 Å². The fourth-order valence-electron chi connectivity index (χ4n) is 13.6. The molecule has 0 aromatic rings. The summed E-state index contributed by atoms with van der Waals surface area (Å²) >= 11 is 0. The van der Waals surface area contributed by atoms with Crippen molar-refractivity contribution in [1.29, 1.82) is 0 Å². The van der Waals surface area contributed by atoms with Crippen molar-refractivity contribution in [1.82, 2.24) is 0 Å². The van der Waals surface area contributed by atoms with E-state index in [0.29, 0.717) is 36.0 Å². The Labute approximate surface area is 302 Å². The number of carboxylic acids is 2. The minimum atomic E-state index is -0.822. The van der Waals surface area contributed by atoms with Crippen LogP contribution >= 0.6 is 0 Å². The molecule has 6 rings (SSSR count). The standard InChI is InChI=1S/C37H56O6.C5H14NO/c1-20(2)21-11-17-37(32(41)42)18-12-23-22(29(21)37)9-10-27-35(23,7)15-13-26-34(5,6)28(14-16-36(26,27)8)43-31(40)25-19-24(30(38)39)33(25,3)4;1-6(2,3)4-5-7/h21-29H,1,9-19H2,2-8H3,(H,38,39)(H,41,42);7H,4-5H2,1-3H3/q;+1/t21-,22?,23?,24+,25-,26?,27?,28-,29?,35-,36-,37?;/m0./s1. The van der Waals surface area contributed by atoms with E-state index in [2.05, 4.69) is 62.3 Å². The molecular weight excluding hydrogens is 630 g/mol. The van der Waals surface area contributed by atoms with Crippen molar-refractivity contribution < 1.29 is 38.9 Å². The number of ether oxygens (including phenoxy) is 1. The molecule has 6 aliphatic rings. The predicted octanol–water partition coefficient (Wildman–Crippen LogP) is 7.68. The zero-order chi connectivity index (χ0) is 37.4. The molecule has 6 unspecified atom stereocenters. The van der Waals surface area contributed by atoms with Gasteiger partial charge in [0.25, 0.3) is 0 Å². The summed E-state index contributed by atoms with van der Waals surface area (Å²) in [7, 11) is 6.16. The predicted molar refractivity (Wildman–Crippen MR) is 195 cm³/mol. The van der Waals surface area contributed by atoms with E-state index in [0.717, 1.165) is 75.2 Å². The van der Waals surface area contributed by atoms with Crippen LogP contribution in [-0.2, 0) is 19.1 Å². The van der Waals surface area contributed by atoms with E-state index in [1.807, 2.05) is 13.8 Å². The second-order valence-electron chi connectivity index (χ2n) is 20.5. The Kier molecular flexibility index (Phi) is 10.4. The third kappa shape index (κ3) is 6.18. The van der Waals surface area contributed by atoms with Gasteiger partial charge in [-0.05, 0) is 129 Å². The van der Waals surface area contributed by atoms with E-state index in [4.69, 9.17) is 9.84 Å². The Bertz CT molecular complexity index is 1350. The van der Waals surface area contributed by atoms with Gasteiger partial charge in [0.1, 0.15) is 12.6 Å². The summed E-state index contributed by atoms with van der Waals surface area (Å²) in [5, 5.41) is 28.5. The number of carboxylic acid groups (broad SMARTS) is 2. The number of carbonyl (C=O) groups is 3. The second kappa shape index (κ2) is 13.2. The van der Waals surface area contributed by atoms with E-state index < -0.39 is 28.7 Å². The van der Waals surface area contributed by atoms with Crippen molar-refractivity contribution in [2.45, 2.75) is 125 Å². The van der Waals surface area contributed by atoms with Gasteiger partial charge in [0, 0.05) is 5.41 Å². The summed E-state index contributed by atoms with van der Waals surface area (Å²) in [5.41, 5.74) is 0.209. The van der Waals surface area contributed by atoms with Crippen LogP contribution in [0, 0.1) is 74.4 Å². The number of carbonyl (C=O) groups excluding carboxylic acids is 1. The molecule has 0 aliphatic heterocycles. The third-order valence-electron chi connectivity index (χ3n) is 16.5. The number of aliphatic carboxylic acids is 2. The van der Waals surface area contributed by atoms with Crippen LogP contribution in [0.1, 0.15) is 119 Å². The molecule has 6 saturated carbocycles. The number of allylic oxidation sites excluding steroid dienone is 1. The van der Waals surface area contributed by atoms with Gasteiger partial charge in [-0.1, -0.05) is 53.7 Å². The number of esters is 1. The van der Waals surface area contributed by atoms with E-state index in [1.165, 1.54) is 5.57 Å². The number of aliphatic hydroxyl groups excluding tert-OH is 1. The normalized spacial score (nSPS) is 44.0. The topological polar surface area (TPSA) is 121 Å². The maximum atomic E-state index is 13.4. The fourth-order valence-corrected chi connectivity index (χ4v) is 13.6. The molecule has 0 aromatic heterocycles. The lowest BCUT2D eigenvalue weighted by molar-refractivity contribution is -0.870. The molecule has 0 radical (unpaired) electrons. The van der Waals surface area contributed by atoms with Gasteiger partial charge in [-0.15, -0.1) is 0 Å². The molecule has 0 heterocycles. The highest BCUT2D eigenvalue weighted by molar-refractivity contribution is 5.81.